The van der Waals surface area contributed by atoms with E-state index in [1.807, 2.05) is 32.9 Å². The second-order valence-electron chi connectivity index (χ2n) is 5.60. The molecule has 2 heterocycles. The standard InChI is InChI=1S/C18H21N5OS/c1-4-24-18-16(20)14(19)9-15(23-18)22-13-7-5-12(6-8-13)17-10(2)21-11(3)25-17/h5-9H,4,20H2,1-3H3,(H3,19,22,23). The van der Waals surface area contributed by atoms with Gasteiger partial charge in [-0.15, -0.1) is 11.3 Å². The summed E-state index contributed by atoms with van der Waals surface area (Å²) in [6.07, 6.45) is 0. The van der Waals surface area contributed by atoms with Crippen LogP contribution in [0.2, 0.25) is 0 Å². The van der Waals surface area contributed by atoms with Gasteiger partial charge < -0.3 is 21.5 Å². The van der Waals surface area contributed by atoms with E-state index in [0.717, 1.165) is 22.0 Å². The molecule has 6 nitrogen and oxygen atoms in total. The van der Waals surface area contributed by atoms with E-state index in [4.69, 9.17) is 16.2 Å². The molecule has 3 rings (SSSR count). The summed E-state index contributed by atoms with van der Waals surface area (Å²) < 4.78 is 5.43. The lowest BCUT2D eigenvalue weighted by atomic mass is 10.1. The zero-order valence-electron chi connectivity index (χ0n) is 14.5. The van der Waals surface area contributed by atoms with Gasteiger partial charge in [0.15, 0.2) is 0 Å². The van der Waals surface area contributed by atoms with Crippen molar-refractivity contribution in [3.05, 3.63) is 41.0 Å². The Morgan fingerprint density at radius 1 is 1.12 bits per heavy atom. The van der Waals surface area contributed by atoms with Gasteiger partial charge in [0, 0.05) is 11.8 Å². The minimum Gasteiger partial charge on any atom is -0.476 e. The number of nitrogens with two attached hydrogens (primary N) is 2. The average Bonchev–Trinajstić information content (AvgIpc) is 2.91. The van der Waals surface area contributed by atoms with E-state index in [-0.39, 0.29) is 0 Å². The van der Waals surface area contributed by atoms with Crippen molar-refractivity contribution < 1.29 is 4.74 Å². The number of pyridine rings is 1. The maximum absolute atomic E-state index is 5.93. The average molecular weight is 355 g/mol. The molecule has 0 aliphatic carbocycles. The number of benzene rings is 1. The van der Waals surface area contributed by atoms with Crippen molar-refractivity contribution in [2.75, 3.05) is 23.4 Å². The lowest BCUT2D eigenvalue weighted by Crippen LogP contribution is -2.05. The molecule has 0 aliphatic rings. The first kappa shape index (κ1) is 17.0. The molecule has 3 aromatic rings. The number of nitrogens with zero attached hydrogens (tertiary/aromatic N) is 2. The van der Waals surface area contributed by atoms with Crippen LogP contribution in [0.5, 0.6) is 5.88 Å². The molecule has 0 saturated heterocycles. The van der Waals surface area contributed by atoms with Crippen LogP contribution in [0.4, 0.5) is 22.9 Å². The van der Waals surface area contributed by atoms with Gasteiger partial charge in [-0.2, -0.15) is 4.98 Å². The van der Waals surface area contributed by atoms with Crippen LogP contribution in [0.25, 0.3) is 10.4 Å². The number of nitrogen functional groups attached to an aromatic ring is 2. The van der Waals surface area contributed by atoms with E-state index in [9.17, 15) is 0 Å². The Balaban J connectivity index is 1.83. The first-order chi connectivity index (χ1) is 12.0. The van der Waals surface area contributed by atoms with Crippen LogP contribution in [0, 0.1) is 13.8 Å². The Kier molecular flexibility index (Phi) is 4.76. The minimum absolute atomic E-state index is 0.345. The van der Waals surface area contributed by atoms with Crippen molar-refractivity contribution in [2.24, 2.45) is 0 Å². The van der Waals surface area contributed by atoms with Crippen LogP contribution in [-0.2, 0) is 0 Å². The number of aromatic nitrogens is 2. The molecule has 0 spiro atoms. The van der Waals surface area contributed by atoms with Crippen LogP contribution < -0.4 is 21.5 Å². The zero-order valence-corrected chi connectivity index (χ0v) is 15.3. The quantitative estimate of drug-likeness (QED) is 0.636. The highest BCUT2D eigenvalue weighted by atomic mass is 32.1. The van der Waals surface area contributed by atoms with Gasteiger partial charge in [0.25, 0.3) is 0 Å². The third-order valence-corrected chi connectivity index (χ3v) is 4.78. The molecule has 130 valence electrons. The van der Waals surface area contributed by atoms with Crippen molar-refractivity contribution in [2.45, 2.75) is 20.8 Å². The van der Waals surface area contributed by atoms with Gasteiger partial charge >= 0.3 is 0 Å². The van der Waals surface area contributed by atoms with Crippen molar-refractivity contribution >= 4 is 34.2 Å². The highest BCUT2D eigenvalue weighted by molar-refractivity contribution is 7.15. The Bertz CT molecular complexity index is 889. The minimum atomic E-state index is 0.345. The number of anilines is 4. The summed E-state index contributed by atoms with van der Waals surface area (Å²) in [6, 6.07) is 9.82. The van der Waals surface area contributed by atoms with Gasteiger partial charge in [-0.1, -0.05) is 12.1 Å². The second-order valence-corrected chi connectivity index (χ2v) is 6.80. The van der Waals surface area contributed by atoms with Crippen molar-refractivity contribution in [3.8, 4) is 16.3 Å². The van der Waals surface area contributed by atoms with Crippen LogP contribution in [-0.4, -0.2) is 16.6 Å². The van der Waals surface area contributed by atoms with E-state index < -0.39 is 0 Å². The number of hydrogen-bond acceptors (Lipinski definition) is 7. The van der Waals surface area contributed by atoms with E-state index in [1.54, 1.807) is 17.4 Å². The summed E-state index contributed by atoms with van der Waals surface area (Å²) in [5, 5.41) is 4.30. The Labute approximate surface area is 150 Å². The van der Waals surface area contributed by atoms with Crippen LogP contribution in [0.3, 0.4) is 0 Å². The molecule has 0 radical (unpaired) electrons. The Morgan fingerprint density at radius 3 is 2.44 bits per heavy atom. The van der Waals surface area contributed by atoms with E-state index in [1.165, 1.54) is 4.88 Å². The van der Waals surface area contributed by atoms with Gasteiger partial charge in [0.2, 0.25) is 5.88 Å². The topological polar surface area (TPSA) is 99.1 Å². The number of nitrogens with one attached hydrogen (secondary N) is 1. The molecule has 0 amide bonds. The molecule has 0 bridgehead atoms. The molecule has 2 aromatic heterocycles. The van der Waals surface area contributed by atoms with Gasteiger partial charge in [-0.05, 0) is 38.5 Å². The van der Waals surface area contributed by atoms with Crippen molar-refractivity contribution in [1.82, 2.24) is 9.97 Å². The maximum atomic E-state index is 5.93. The molecule has 0 aliphatic heterocycles. The molecule has 0 unspecified atom stereocenters. The summed E-state index contributed by atoms with van der Waals surface area (Å²) in [5.74, 6) is 0.935. The predicted molar refractivity (Wildman–Crippen MR) is 105 cm³/mol. The maximum Gasteiger partial charge on any atom is 0.241 e. The summed E-state index contributed by atoms with van der Waals surface area (Å²) in [5.41, 5.74) is 15.7. The summed E-state index contributed by atoms with van der Waals surface area (Å²) in [4.78, 5) is 10.0. The SMILES string of the molecule is CCOc1nc(Nc2ccc(-c3sc(C)nc3C)cc2)cc(N)c1N. The normalized spacial score (nSPS) is 10.7. The fourth-order valence-corrected chi connectivity index (χ4v) is 3.44. The lowest BCUT2D eigenvalue weighted by molar-refractivity contribution is 0.329. The van der Waals surface area contributed by atoms with Crippen LogP contribution >= 0.6 is 11.3 Å². The van der Waals surface area contributed by atoms with E-state index in [2.05, 4.69) is 27.4 Å². The van der Waals surface area contributed by atoms with E-state index in [0.29, 0.717) is 29.7 Å². The van der Waals surface area contributed by atoms with Crippen LogP contribution in [0.15, 0.2) is 30.3 Å². The van der Waals surface area contributed by atoms with Crippen molar-refractivity contribution in [3.63, 3.8) is 0 Å². The molecule has 25 heavy (non-hydrogen) atoms. The molecule has 5 N–H and O–H groups in total. The smallest absolute Gasteiger partial charge is 0.241 e. The second kappa shape index (κ2) is 6.98. The summed E-state index contributed by atoms with van der Waals surface area (Å²) >= 11 is 1.70. The number of thiazole rings is 1. The van der Waals surface area contributed by atoms with Crippen LogP contribution in [0.1, 0.15) is 17.6 Å². The number of ether oxygens (including phenoxy) is 1. The first-order valence-corrected chi connectivity index (χ1v) is 8.80. The molecule has 0 fully saturated rings. The number of rotatable bonds is 5. The molecule has 7 heteroatoms. The fourth-order valence-electron chi connectivity index (χ4n) is 2.51. The van der Waals surface area contributed by atoms with Crippen molar-refractivity contribution in [1.29, 1.82) is 0 Å². The van der Waals surface area contributed by atoms with Gasteiger partial charge in [-0.25, -0.2) is 4.98 Å². The summed E-state index contributed by atoms with van der Waals surface area (Å²) in [6.45, 7) is 6.40. The lowest BCUT2D eigenvalue weighted by Gasteiger charge is -2.12. The first-order valence-electron chi connectivity index (χ1n) is 7.98. The molecule has 0 saturated carbocycles. The summed E-state index contributed by atoms with van der Waals surface area (Å²) in [7, 11) is 0. The van der Waals surface area contributed by atoms with Gasteiger partial charge in [0.05, 0.1) is 27.9 Å². The predicted octanol–water partition coefficient (Wildman–Crippen LogP) is 4.13. The molecule has 0 atom stereocenters. The number of aryl methyl sites for hydroxylation is 2. The van der Waals surface area contributed by atoms with E-state index >= 15 is 0 Å². The molecular weight excluding hydrogens is 334 g/mol. The zero-order chi connectivity index (χ0) is 18.0. The highest BCUT2D eigenvalue weighted by Crippen LogP contribution is 2.32. The Hall–Kier alpha value is -2.80. The third-order valence-electron chi connectivity index (χ3n) is 3.66. The highest BCUT2D eigenvalue weighted by Gasteiger charge is 2.10. The van der Waals surface area contributed by atoms with Gasteiger partial charge in [0.1, 0.15) is 11.5 Å². The molecular formula is C18H21N5OS. The number of hydrogen-bond donors (Lipinski definition) is 3. The van der Waals surface area contributed by atoms with Gasteiger partial charge in [-0.3, -0.25) is 0 Å². The third kappa shape index (κ3) is 3.66. The Morgan fingerprint density at radius 2 is 1.84 bits per heavy atom. The molecule has 1 aromatic carbocycles. The fraction of sp³-hybridized carbons (Fsp3) is 0.222. The largest absolute Gasteiger partial charge is 0.476 e. The monoisotopic (exact) mass is 355 g/mol.